The fraction of sp³-hybridized carbons (Fsp3) is 0.562. The Balaban J connectivity index is 1.50. The molecule has 1 aromatic carbocycles. The number of amides is 1. The fourth-order valence-corrected chi connectivity index (χ4v) is 4.62. The summed E-state index contributed by atoms with van der Waals surface area (Å²) in [6.45, 7) is 1.79. The molecule has 2 N–H and O–H groups in total. The van der Waals surface area contributed by atoms with E-state index in [2.05, 4.69) is 5.32 Å². The van der Waals surface area contributed by atoms with Crippen LogP contribution in [0.15, 0.2) is 18.2 Å². The maximum absolute atomic E-state index is 12.3. The van der Waals surface area contributed by atoms with Crippen LogP contribution in [-0.4, -0.2) is 17.1 Å². The average molecular weight is 257 g/mol. The molecule has 2 bridgehead atoms. The van der Waals surface area contributed by atoms with Gasteiger partial charge in [0.05, 0.1) is 0 Å². The predicted molar refractivity (Wildman–Crippen MR) is 71.9 cm³/mol. The zero-order valence-corrected chi connectivity index (χ0v) is 11.1. The first-order chi connectivity index (χ1) is 9.16. The van der Waals surface area contributed by atoms with Crippen molar-refractivity contribution in [2.24, 2.45) is 23.7 Å². The minimum Gasteiger partial charge on any atom is -0.508 e. The number of aromatic hydroxyl groups is 1. The van der Waals surface area contributed by atoms with Crippen molar-refractivity contribution in [3.05, 3.63) is 29.3 Å². The monoisotopic (exact) mass is 257 g/mol. The summed E-state index contributed by atoms with van der Waals surface area (Å²) < 4.78 is 0. The number of benzene rings is 1. The summed E-state index contributed by atoms with van der Waals surface area (Å²) in [5.74, 6) is 3.41. The first kappa shape index (κ1) is 11.3. The molecule has 4 atom stereocenters. The van der Waals surface area contributed by atoms with Gasteiger partial charge in [-0.25, -0.2) is 0 Å². The minimum absolute atomic E-state index is 0.0211. The largest absolute Gasteiger partial charge is 0.508 e. The summed E-state index contributed by atoms with van der Waals surface area (Å²) in [5.41, 5.74) is 1.28. The molecular formula is C16H19NO2. The van der Waals surface area contributed by atoms with E-state index in [4.69, 9.17) is 0 Å². The van der Waals surface area contributed by atoms with Crippen molar-refractivity contribution < 1.29 is 9.90 Å². The molecule has 4 unspecified atom stereocenters. The molecule has 3 aliphatic carbocycles. The molecule has 3 saturated carbocycles. The van der Waals surface area contributed by atoms with Gasteiger partial charge in [-0.15, -0.1) is 0 Å². The van der Waals surface area contributed by atoms with Gasteiger partial charge in [0.1, 0.15) is 5.75 Å². The molecular weight excluding hydrogens is 238 g/mol. The molecule has 0 heterocycles. The van der Waals surface area contributed by atoms with Gasteiger partial charge in [-0.05, 0) is 62.0 Å². The lowest BCUT2D eigenvalue weighted by Crippen LogP contribution is -2.30. The standard InChI is InChI=1S/C16H19NO2/c1-8-11(3-2-4-12(8)18)16(19)17-15-13-9-5-6-10(7-9)14(13)15/h2-4,9-10,13-15,18H,5-7H2,1H3,(H,17,19). The predicted octanol–water partition coefficient (Wildman–Crippen LogP) is 2.47. The minimum atomic E-state index is -0.0211. The number of phenols is 1. The first-order valence-corrected chi connectivity index (χ1v) is 7.26. The summed E-state index contributed by atoms with van der Waals surface area (Å²) >= 11 is 0. The van der Waals surface area contributed by atoms with E-state index in [1.54, 1.807) is 25.1 Å². The van der Waals surface area contributed by atoms with E-state index in [0.717, 1.165) is 23.7 Å². The third-order valence-corrected chi connectivity index (χ3v) is 5.58. The van der Waals surface area contributed by atoms with Crippen molar-refractivity contribution in [3.8, 4) is 5.75 Å². The van der Waals surface area contributed by atoms with Crippen molar-refractivity contribution in [3.63, 3.8) is 0 Å². The average Bonchev–Trinajstić information content (AvgIpc) is 2.81. The molecule has 0 radical (unpaired) electrons. The normalized spacial score (nSPS) is 38.1. The summed E-state index contributed by atoms with van der Waals surface area (Å²) in [5, 5.41) is 12.9. The number of hydrogen-bond acceptors (Lipinski definition) is 2. The van der Waals surface area contributed by atoms with Crippen LogP contribution >= 0.6 is 0 Å². The van der Waals surface area contributed by atoms with Crippen LogP contribution in [0.25, 0.3) is 0 Å². The lowest BCUT2D eigenvalue weighted by molar-refractivity contribution is 0.0943. The zero-order valence-electron chi connectivity index (χ0n) is 11.1. The molecule has 19 heavy (non-hydrogen) atoms. The number of nitrogens with one attached hydrogen (secondary N) is 1. The van der Waals surface area contributed by atoms with Gasteiger partial charge in [-0.2, -0.15) is 0 Å². The van der Waals surface area contributed by atoms with Crippen molar-refractivity contribution in [1.82, 2.24) is 5.32 Å². The van der Waals surface area contributed by atoms with Crippen LogP contribution in [0.2, 0.25) is 0 Å². The van der Waals surface area contributed by atoms with E-state index in [1.807, 2.05) is 0 Å². The molecule has 1 aromatic rings. The summed E-state index contributed by atoms with van der Waals surface area (Å²) in [7, 11) is 0. The SMILES string of the molecule is Cc1c(O)cccc1C(=O)NC1C2C3CCC(C3)C12. The second kappa shape index (κ2) is 3.75. The third kappa shape index (κ3) is 1.54. The van der Waals surface area contributed by atoms with Crippen LogP contribution < -0.4 is 5.32 Å². The maximum Gasteiger partial charge on any atom is 0.251 e. The second-order valence-electron chi connectivity index (χ2n) is 6.44. The van der Waals surface area contributed by atoms with Gasteiger partial charge in [-0.1, -0.05) is 6.07 Å². The van der Waals surface area contributed by atoms with Crippen LogP contribution in [-0.2, 0) is 0 Å². The van der Waals surface area contributed by atoms with Crippen LogP contribution in [0.4, 0.5) is 0 Å². The number of carbonyl (C=O) groups is 1. The Morgan fingerprint density at radius 2 is 1.95 bits per heavy atom. The molecule has 100 valence electrons. The Morgan fingerprint density at radius 3 is 2.63 bits per heavy atom. The maximum atomic E-state index is 12.3. The molecule has 0 aliphatic heterocycles. The first-order valence-electron chi connectivity index (χ1n) is 7.26. The molecule has 1 amide bonds. The second-order valence-corrected chi connectivity index (χ2v) is 6.44. The number of carbonyl (C=O) groups excluding carboxylic acids is 1. The van der Waals surface area contributed by atoms with Gasteiger partial charge in [0.2, 0.25) is 0 Å². The van der Waals surface area contributed by atoms with Crippen molar-refractivity contribution in [1.29, 1.82) is 0 Å². The highest BCUT2D eigenvalue weighted by Crippen LogP contribution is 2.65. The molecule has 3 nitrogen and oxygen atoms in total. The zero-order chi connectivity index (χ0) is 13.1. The highest BCUT2D eigenvalue weighted by Gasteiger charge is 2.65. The summed E-state index contributed by atoms with van der Waals surface area (Å²) in [6, 6.07) is 5.55. The topological polar surface area (TPSA) is 49.3 Å². The van der Waals surface area contributed by atoms with Gasteiger partial charge >= 0.3 is 0 Å². The molecule has 3 heteroatoms. The van der Waals surface area contributed by atoms with E-state index in [1.165, 1.54) is 19.3 Å². The highest BCUT2D eigenvalue weighted by atomic mass is 16.3. The van der Waals surface area contributed by atoms with Gasteiger partial charge < -0.3 is 10.4 Å². The van der Waals surface area contributed by atoms with Crippen molar-refractivity contribution in [2.75, 3.05) is 0 Å². The van der Waals surface area contributed by atoms with Gasteiger partial charge in [-0.3, -0.25) is 4.79 Å². The number of hydrogen-bond donors (Lipinski definition) is 2. The molecule has 0 aromatic heterocycles. The van der Waals surface area contributed by atoms with Gasteiger partial charge in [0.25, 0.3) is 5.91 Å². The van der Waals surface area contributed by atoms with Crippen LogP contribution in [0.5, 0.6) is 5.75 Å². The Labute approximate surface area is 113 Å². The quantitative estimate of drug-likeness (QED) is 0.855. The lowest BCUT2D eigenvalue weighted by atomic mass is 10.0. The van der Waals surface area contributed by atoms with E-state index >= 15 is 0 Å². The number of fused-ring (bicyclic) bond motifs is 5. The van der Waals surface area contributed by atoms with E-state index < -0.39 is 0 Å². The summed E-state index contributed by atoms with van der Waals surface area (Å²) in [4.78, 5) is 12.3. The molecule has 0 spiro atoms. The van der Waals surface area contributed by atoms with Crippen LogP contribution in [0.1, 0.15) is 35.2 Å². The van der Waals surface area contributed by atoms with Gasteiger partial charge in [0, 0.05) is 17.2 Å². The molecule has 4 rings (SSSR count). The number of rotatable bonds is 2. The van der Waals surface area contributed by atoms with E-state index in [0.29, 0.717) is 17.2 Å². The van der Waals surface area contributed by atoms with Gasteiger partial charge in [0.15, 0.2) is 0 Å². The lowest BCUT2D eigenvalue weighted by Gasteiger charge is -2.12. The number of phenolic OH excluding ortho intramolecular Hbond substituents is 1. The van der Waals surface area contributed by atoms with Crippen LogP contribution in [0.3, 0.4) is 0 Å². The Bertz CT molecular complexity index is 538. The Morgan fingerprint density at radius 1 is 1.26 bits per heavy atom. The van der Waals surface area contributed by atoms with E-state index in [-0.39, 0.29) is 11.7 Å². The molecule has 0 saturated heterocycles. The molecule has 3 aliphatic rings. The molecule has 3 fully saturated rings. The smallest absolute Gasteiger partial charge is 0.251 e. The third-order valence-electron chi connectivity index (χ3n) is 5.58. The Hall–Kier alpha value is -1.51. The Kier molecular flexibility index (Phi) is 2.23. The summed E-state index contributed by atoms with van der Waals surface area (Å²) in [6.07, 6.45) is 4.12. The van der Waals surface area contributed by atoms with Crippen molar-refractivity contribution in [2.45, 2.75) is 32.2 Å². The van der Waals surface area contributed by atoms with E-state index in [9.17, 15) is 9.90 Å². The highest BCUT2D eigenvalue weighted by molar-refractivity contribution is 5.96. The van der Waals surface area contributed by atoms with Crippen molar-refractivity contribution >= 4 is 5.91 Å². The van der Waals surface area contributed by atoms with Crippen LogP contribution in [0, 0.1) is 30.6 Å². The fourth-order valence-electron chi connectivity index (χ4n) is 4.62.